The fourth-order valence-corrected chi connectivity index (χ4v) is 8.50. The highest BCUT2D eigenvalue weighted by molar-refractivity contribution is 6.22. The fraction of sp³-hybridized carbons (Fsp3) is 0. The van der Waals surface area contributed by atoms with E-state index in [4.69, 9.17) is 9.97 Å². The van der Waals surface area contributed by atoms with Gasteiger partial charge in [-0.2, -0.15) is 0 Å². The maximum Gasteiger partial charge on any atom is 0.145 e. The largest absolute Gasteiger partial charge is 0.507 e. The van der Waals surface area contributed by atoms with Crippen LogP contribution in [0.4, 0.5) is 0 Å². The van der Waals surface area contributed by atoms with Gasteiger partial charge in [-0.25, -0.2) is 9.97 Å². The van der Waals surface area contributed by atoms with E-state index in [0.717, 1.165) is 99.3 Å². The highest BCUT2D eigenvalue weighted by Crippen LogP contribution is 2.46. The highest BCUT2D eigenvalue weighted by Gasteiger charge is 2.20. The van der Waals surface area contributed by atoms with Gasteiger partial charge in [0.25, 0.3) is 0 Å². The number of hydrogen-bond acceptors (Lipinski definition) is 4. The zero-order chi connectivity index (χ0) is 38.0. The molecule has 57 heavy (non-hydrogen) atoms. The van der Waals surface area contributed by atoms with Gasteiger partial charge in [-0.1, -0.05) is 133 Å². The number of aromatic hydroxyl groups is 2. The molecular formula is C52H33N3O2. The minimum Gasteiger partial charge on any atom is -0.507 e. The van der Waals surface area contributed by atoms with Crippen molar-refractivity contribution in [3.05, 3.63) is 188 Å². The highest BCUT2D eigenvalue weighted by atomic mass is 16.3. The van der Waals surface area contributed by atoms with E-state index >= 15 is 0 Å². The van der Waals surface area contributed by atoms with E-state index in [1.807, 2.05) is 48.5 Å². The summed E-state index contributed by atoms with van der Waals surface area (Å²) in [4.78, 5) is 10.2. The van der Waals surface area contributed by atoms with E-state index in [1.165, 1.54) is 0 Å². The zero-order valence-corrected chi connectivity index (χ0v) is 30.6. The second kappa shape index (κ2) is 12.9. The molecule has 0 radical (unpaired) electrons. The van der Waals surface area contributed by atoms with Crippen molar-refractivity contribution in [3.63, 3.8) is 0 Å². The predicted octanol–water partition coefficient (Wildman–Crippen LogP) is 13.1. The van der Waals surface area contributed by atoms with Crippen molar-refractivity contribution >= 4 is 54.3 Å². The standard InChI is InChI=1S/C52H33N3O2/c56-47-18-8-10-33-22-25-37(31-42(33)47)49-39-14-4-5-15-40(39)50(45-29-27-34-11-9-19-48(57)51(34)53-45)41-28-26-36(30-43(41)49)32-20-23-35(24-21-32)52-54-44-16-6-7-17-46(44)55(52)38-12-2-1-3-13-38/h1-31,56-57H. The number of aromatic nitrogens is 3. The Balaban J connectivity index is 1.14. The molecule has 0 aliphatic rings. The number of nitrogens with zero attached hydrogens (tertiary/aromatic N) is 3. The molecule has 268 valence electrons. The second-order valence-corrected chi connectivity index (χ2v) is 14.5. The average Bonchev–Trinajstić information content (AvgIpc) is 3.66. The van der Waals surface area contributed by atoms with Gasteiger partial charge in [-0.15, -0.1) is 0 Å². The van der Waals surface area contributed by atoms with Crippen LogP contribution in [0.2, 0.25) is 0 Å². The number of phenols is 2. The number of imidazole rings is 1. The van der Waals surface area contributed by atoms with Crippen LogP contribution < -0.4 is 0 Å². The zero-order valence-electron chi connectivity index (χ0n) is 30.6. The van der Waals surface area contributed by atoms with Crippen LogP contribution in [0.5, 0.6) is 11.5 Å². The smallest absolute Gasteiger partial charge is 0.145 e. The van der Waals surface area contributed by atoms with Crippen molar-refractivity contribution in [3.8, 4) is 62.1 Å². The first kappa shape index (κ1) is 32.7. The lowest BCUT2D eigenvalue weighted by Gasteiger charge is -2.19. The summed E-state index contributed by atoms with van der Waals surface area (Å²) >= 11 is 0. The monoisotopic (exact) mass is 731 g/mol. The van der Waals surface area contributed by atoms with Gasteiger partial charge in [0.05, 0.1) is 16.7 Å². The number of para-hydroxylation sites is 4. The molecule has 9 aromatic carbocycles. The van der Waals surface area contributed by atoms with Gasteiger partial charge in [0.1, 0.15) is 22.8 Å². The van der Waals surface area contributed by atoms with Crippen LogP contribution >= 0.6 is 0 Å². The summed E-state index contributed by atoms with van der Waals surface area (Å²) in [5.41, 5.74) is 10.7. The van der Waals surface area contributed by atoms with E-state index in [1.54, 1.807) is 12.1 Å². The lowest BCUT2D eigenvalue weighted by molar-refractivity contribution is 0.480. The quantitative estimate of drug-likeness (QED) is 0.173. The minimum absolute atomic E-state index is 0.153. The molecule has 0 aliphatic heterocycles. The maximum absolute atomic E-state index is 11.0. The summed E-state index contributed by atoms with van der Waals surface area (Å²) in [5, 5.41) is 28.7. The molecular weight excluding hydrogens is 699 g/mol. The Kier molecular flexibility index (Phi) is 7.41. The van der Waals surface area contributed by atoms with E-state index in [-0.39, 0.29) is 11.5 Å². The van der Waals surface area contributed by atoms with Gasteiger partial charge in [0, 0.05) is 27.6 Å². The van der Waals surface area contributed by atoms with E-state index in [9.17, 15) is 10.2 Å². The van der Waals surface area contributed by atoms with Gasteiger partial charge in [0.15, 0.2) is 0 Å². The number of benzene rings is 9. The third kappa shape index (κ3) is 5.32. The summed E-state index contributed by atoms with van der Waals surface area (Å²) in [5.74, 6) is 1.29. The lowest BCUT2D eigenvalue weighted by atomic mass is 9.85. The van der Waals surface area contributed by atoms with Crippen molar-refractivity contribution in [1.82, 2.24) is 14.5 Å². The van der Waals surface area contributed by atoms with Crippen molar-refractivity contribution in [2.24, 2.45) is 0 Å². The van der Waals surface area contributed by atoms with Crippen molar-refractivity contribution < 1.29 is 10.2 Å². The van der Waals surface area contributed by atoms with Crippen LogP contribution in [-0.2, 0) is 0 Å². The van der Waals surface area contributed by atoms with Crippen LogP contribution in [0.3, 0.4) is 0 Å². The van der Waals surface area contributed by atoms with E-state index in [0.29, 0.717) is 5.52 Å². The summed E-state index contributed by atoms with van der Waals surface area (Å²) < 4.78 is 2.22. The molecule has 2 N–H and O–H groups in total. The van der Waals surface area contributed by atoms with Gasteiger partial charge in [-0.05, 0) is 104 Å². The van der Waals surface area contributed by atoms with Crippen LogP contribution in [0.25, 0.3) is 105 Å². The molecule has 0 bridgehead atoms. The number of pyridine rings is 1. The number of rotatable bonds is 5. The first-order valence-corrected chi connectivity index (χ1v) is 19.0. The van der Waals surface area contributed by atoms with Gasteiger partial charge >= 0.3 is 0 Å². The summed E-state index contributed by atoms with van der Waals surface area (Å²) in [6, 6.07) is 64.0. The Morgan fingerprint density at radius 1 is 0.386 bits per heavy atom. The Morgan fingerprint density at radius 2 is 1.02 bits per heavy atom. The van der Waals surface area contributed by atoms with Crippen molar-refractivity contribution in [1.29, 1.82) is 0 Å². The fourth-order valence-electron chi connectivity index (χ4n) is 8.50. The molecule has 0 saturated carbocycles. The molecule has 5 nitrogen and oxygen atoms in total. The first-order chi connectivity index (χ1) is 28.1. The van der Waals surface area contributed by atoms with Gasteiger partial charge < -0.3 is 10.2 Å². The Labute approximate surface area is 328 Å². The second-order valence-electron chi connectivity index (χ2n) is 14.5. The topological polar surface area (TPSA) is 71.2 Å². The third-order valence-electron chi connectivity index (χ3n) is 11.2. The van der Waals surface area contributed by atoms with E-state index in [2.05, 4.69) is 132 Å². The molecule has 0 spiro atoms. The molecule has 11 rings (SSSR count). The van der Waals surface area contributed by atoms with Crippen molar-refractivity contribution in [2.45, 2.75) is 0 Å². The third-order valence-corrected chi connectivity index (χ3v) is 11.2. The van der Waals surface area contributed by atoms with Gasteiger partial charge in [-0.3, -0.25) is 4.57 Å². The summed E-state index contributed by atoms with van der Waals surface area (Å²) in [6.45, 7) is 0. The molecule has 2 heterocycles. The van der Waals surface area contributed by atoms with Crippen LogP contribution in [0.1, 0.15) is 0 Å². The molecule has 5 heteroatoms. The molecule has 0 saturated heterocycles. The number of hydrogen-bond donors (Lipinski definition) is 2. The Bertz CT molecular complexity index is 3370. The predicted molar refractivity (Wildman–Crippen MR) is 234 cm³/mol. The molecule has 0 atom stereocenters. The van der Waals surface area contributed by atoms with Gasteiger partial charge in [0.2, 0.25) is 0 Å². The molecule has 0 aliphatic carbocycles. The average molecular weight is 732 g/mol. The van der Waals surface area contributed by atoms with E-state index < -0.39 is 0 Å². The van der Waals surface area contributed by atoms with Crippen LogP contribution in [-0.4, -0.2) is 24.7 Å². The molecule has 0 unspecified atom stereocenters. The normalized spacial score (nSPS) is 11.6. The Hall–Kier alpha value is -7.76. The molecule has 0 amide bonds. The first-order valence-electron chi connectivity index (χ1n) is 19.0. The lowest BCUT2D eigenvalue weighted by Crippen LogP contribution is -1.97. The van der Waals surface area contributed by atoms with Crippen molar-refractivity contribution in [2.75, 3.05) is 0 Å². The summed E-state index contributed by atoms with van der Waals surface area (Å²) in [6.07, 6.45) is 0. The SMILES string of the molecule is Oc1cccc2ccc(-c3c4ccccc4c(-c4ccc5cccc(O)c5n4)c4ccc(-c5ccc(-c6nc7ccccc7n6-c6ccccc6)cc5)cc34)cc12. The minimum atomic E-state index is 0.153. The van der Waals surface area contributed by atoms with Crippen LogP contribution in [0, 0.1) is 0 Å². The summed E-state index contributed by atoms with van der Waals surface area (Å²) in [7, 11) is 0. The number of fused-ring (bicyclic) bond motifs is 5. The Morgan fingerprint density at radius 3 is 1.86 bits per heavy atom. The maximum atomic E-state index is 11.0. The molecule has 0 fully saturated rings. The molecule has 2 aromatic heterocycles. The molecule has 11 aromatic rings. The number of phenolic OH excluding ortho intramolecular Hbond substituents is 2. The van der Waals surface area contributed by atoms with Crippen LogP contribution in [0.15, 0.2) is 188 Å².